The quantitative estimate of drug-likeness (QED) is 0.356. The Labute approximate surface area is 193 Å². The number of hydrogen-bond acceptors (Lipinski definition) is 5. The molecule has 0 spiro atoms. The Hall–Kier alpha value is -1.44. The van der Waals surface area contributed by atoms with E-state index in [2.05, 4.69) is 47.8 Å². The van der Waals surface area contributed by atoms with Gasteiger partial charge in [-0.3, -0.25) is 9.59 Å². The molecule has 2 aromatic carbocycles. The minimum atomic E-state index is -0.620. The molecule has 0 saturated carbocycles. The molecule has 0 atom stereocenters. The third kappa shape index (κ3) is 10.8. The molecule has 0 unspecified atom stereocenters. The van der Waals surface area contributed by atoms with Crippen molar-refractivity contribution in [2.24, 2.45) is 0 Å². The maximum Gasteiger partial charge on any atom is 0.188 e. The van der Waals surface area contributed by atoms with Gasteiger partial charge in [0.05, 0.1) is 6.07 Å². The van der Waals surface area contributed by atoms with E-state index in [0.717, 1.165) is 10.0 Å². The van der Waals surface area contributed by atoms with Gasteiger partial charge < -0.3 is 10.2 Å². The highest BCUT2D eigenvalue weighted by Gasteiger charge is 2.07. The molecule has 0 radical (unpaired) electrons. The van der Waals surface area contributed by atoms with E-state index in [4.69, 9.17) is 15.5 Å². The summed E-state index contributed by atoms with van der Waals surface area (Å²) >= 11 is 9.75. The first kappa shape index (κ1) is 27.6. The second-order valence-corrected chi connectivity index (χ2v) is 7.74. The van der Waals surface area contributed by atoms with Crippen molar-refractivity contribution in [2.45, 2.75) is 18.9 Å². The lowest BCUT2D eigenvalue weighted by molar-refractivity contribution is 0.0898. The average Bonchev–Trinajstić information content (AvgIpc) is 2.72. The van der Waals surface area contributed by atoms with Crippen LogP contribution < -0.4 is 0 Å². The summed E-state index contributed by atoms with van der Waals surface area (Å²) in [4.78, 5) is 22.2. The lowest BCUT2D eigenvalue weighted by atomic mass is 10.1. The molecule has 9 heteroatoms. The van der Waals surface area contributed by atoms with E-state index < -0.39 is 25.7 Å². The van der Waals surface area contributed by atoms with Gasteiger partial charge in [-0.2, -0.15) is 5.26 Å². The normalized spacial score (nSPS) is 9.31. The SMILES string of the molecule is CC#N.O=C(CO)c1cc(Br)cc(CBr)c1.O=C(CO)c1cc(Br)cc(CF)c1. The maximum absolute atomic E-state index is 12.3. The van der Waals surface area contributed by atoms with Crippen LogP contribution in [0.2, 0.25) is 0 Å². The number of alkyl halides is 2. The van der Waals surface area contributed by atoms with Crippen LogP contribution in [0, 0.1) is 11.3 Å². The summed E-state index contributed by atoms with van der Waals surface area (Å²) in [5.74, 6) is -0.667. The number of nitrogens with zero attached hydrogens (tertiary/aromatic N) is 1. The highest BCUT2D eigenvalue weighted by Crippen LogP contribution is 2.18. The molecular formula is C20H19Br3FNO4. The molecule has 0 fully saturated rings. The van der Waals surface area contributed by atoms with Gasteiger partial charge in [0.15, 0.2) is 11.6 Å². The molecule has 0 aliphatic heterocycles. The first-order valence-electron chi connectivity index (χ1n) is 8.06. The monoisotopic (exact) mass is 593 g/mol. The van der Waals surface area contributed by atoms with Gasteiger partial charge in [0.25, 0.3) is 0 Å². The lowest BCUT2D eigenvalue weighted by Gasteiger charge is -2.02. The molecule has 5 nitrogen and oxygen atoms in total. The van der Waals surface area contributed by atoms with Crippen molar-refractivity contribution in [3.05, 3.63) is 67.6 Å². The second-order valence-electron chi connectivity index (χ2n) is 5.35. The molecule has 0 amide bonds. The number of hydrogen-bond donors (Lipinski definition) is 2. The maximum atomic E-state index is 12.3. The van der Waals surface area contributed by atoms with Crippen molar-refractivity contribution < 1.29 is 24.2 Å². The first-order chi connectivity index (χ1) is 13.8. The predicted molar refractivity (Wildman–Crippen MR) is 120 cm³/mol. The average molecular weight is 596 g/mol. The minimum absolute atomic E-state index is 0.261. The Morgan fingerprint density at radius 2 is 1.31 bits per heavy atom. The number of nitriles is 1. The third-order valence-electron chi connectivity index (χ3n) is 3.15. The smallest absolute Gasteiger partial charge is 0.188 e. The van der Waals surface area contributed by atoms with Crippen LogP contribution in [0.1, 0.15) is 38.8 Å². The van der Waals surface area contributed by atoms with Gasteiger partial charge in [0.2, 0.25) is 0 Å². The van der Waals surface area contributed by atoms with E-state index in [1.807, 2.05) is 6.07 Å². The fraction of sp³-hybridized carbons (Fsp3) is 0.250. The third-order valence-corrected chi connectivity index (χ3v) is 4.72. The summed E-state index contributed by atoms with van der Waals surface area (Å²) in [5.41, 5.74) is 2.29. The number of carbonyl (C=O) groups excluding carboxylic acids is 2. The van der Waals surface area contributed by atoms with Crippen LogP contribution in [0.15, 0.2) is 45.3 Å². The molecule has 2 rings (SSSR count). The number of ketones is 2. The fourth-order valence-corrected chi connectivity index (χ4v) is 3.36. The van der Waals surface area contributed by atoms with E-state index in [1.54, 1.807) is 30.3 Å². The number of aliphatic hydroxyl groups is 2. The van der Waals surface area contributed by atoms with Crippen LogP contribution in [0.4, 0.5) is 4.39 Å². The number of halogens is 4. The Kier molecular flexibility index (Phi) is 14.6. The van der Waals surface area contributed by atoms with Crippen LogP contribution in [0.5, 0.6) is 0 Å². The van der Waals surface area contributed by atoms with Crippen LogP contribution in [-0.2, 0) is 12.0 Å². The first-order valence-corrected chi connectivity index (χ1v) is 10.8. The zero-order chi connectivity index (χ0) is 22.4. The molecule has 2 N–H and O–H groups in total. The largest absolute Gasteiger partial charge is 0.388 e. The molecule has 0 heterocycles. The van der Waals surface area contributed by atoms with Gasteiger partial charge in [0, 0.05) is 32.3 Å². The zero-order valence-electron chi connectivity index (χ0n) is 15.5. The van der Waals surface area contributed by atoms with Crippen molar-refractivity contribution in [1.29, 1.82) is 5.26 Å². The molecule has 0 aliphatic carbocycles. The summed E-state index contributed by atoms with van der Waals surface area (Å²) in [7, 11) is 0. The van der Waals surface area contributed by atoms with Crippen LogP contribution in [0.25, 0.3) is 0 Å². The van der Waals surface area contributed by atoms with Crippen molar-refractivity contribution in [3.63, 3.8) is 0 Å². The van der Waals surface area contributed by atoms with Gasteiger partial charge >= 0.3 is 0 Å². The molecule has 29 heavy (non-hydrogen) atoms. The second kappa shape index (κ2) is 15.4. The summed E-state index contributed by atoms with van der Waals surface area (Å²) in [6, 6.07) is 11.7. The van der Waals surface area contributed by atoms with Crippen molar-refractivity contribution >= 4 is 59.4 Å². The molecule has 0 saturated heterocycles. The Balaban J connectivity index is 0.000000477. The highest BCUT2D eigenvalue weighted by atomic mass is 79.9. The van der Waals surface area contributed by atoms with Crippen LogP contribution in [-0.4, -0.2) is 35.0 Å². The minimum Gasteiger partial charge on any atom is -0.388 e. The Bertz CT molecular complexity index is 804. The zero-order valence-corrected chi connectivity index (χ0v) is 20.2. The molecular weight excluding hydrogens is 577 g/mol. The summed E-state index contributed by atoms with van der Waals surface area (Å²) in [6.45, 7) is -0.189. The van der Waals surface area contributed by atoms with Crippen LogP contribution >= 0.6 is 47.8 Å². The predicted octanol–water partition coefficient (Wildman–Crippen LogP) is 5.14. The van der Waals surface area contributed by atoms with Gasteiger partial charge in [-0.05, 0) is 47.5 Å². The molecule has 0 aliphatic rings. The van der Waals surface area contributed by atoms with E-state index >= 15 is 0 Å². The van der Waals surface area contributed by atoms with Crippen LogP contribution in [0.3, 0.4) is 0 Å². The lowest BCUT2D eigenvalue weighted by Crippen LogP contribution is -2.04. The summed E-state index contributed by atoms with van der Waals surface area (Å²) in [6.07, 6.45) is 0. The molecule has 0 aromatic heterocycles. The number of carbonyl (C=O) groups is 2. The van der Waals surface area contributed by atoms with E-state index in [0.29, 0.717) is 26.5 Å². The standard InChI is InChI=1S/C9H8Br2O2.C9H8BrFO2.C2H3N/c10-4-6-1-7(9(13)5-12)3-8(11)2-6;10-8-2-6(4-11)1-7(3-8)9(13)5-12;1-2-3/h2*1-3,12H,4-5H2;1H3. The van der Waals surface area contributed by atoms with Crippen molar-refractivity contribution in [1.82, 2.24) is 0 Å². The highest BCUT2D eigenvalue weighted by molar-refractivity contribution is 9.10. The summed E-state index contributed by atoms with van der Waals surface area (Å²) in [5, 5.41) is 25.3. The number of benzene rings is 2. The Morgan fingerprint density at radius 1 is 0.931 bits per heavy atom. The number of aliphatic hydroxyl groups excluding tert-OH is 2. The fourth-order valence-electron chi connectivity index (χ4n) is 1.96. The van der Waals surface area contributed by atoms with E-state index in [-0.39, 0.29) is 5.78 Å². The summed E-state index contributed by atoms with van der Waals surface area (Å²) < 4.78 is 13.7. The van der Waals surface area contributed by atoms with Gasteiger partial charge in [-0.1, -0.05) is 47.8 Å². The van der Waals surface area contributed by atoms with Gasteiger partial charge in [0.1, 0.15) is 19.9 Å². The van der Waals surface area contributed by atoms with Crippen molar-refractivity contribution in [3.8, 4) is 6.07 Å². The molecule has 156 valence electrons. The topological polar surface area (TPSA) is 98.4 Å². The van der Waals surface area contributed by atoms with E-state index in [1.165, 1.54) is 13.0 Å². The molecule has 0 bridgehead atoms. The van der Waals surface area contributed by atoms with Gasteiger partial charge in [-0.15, -0.1) is 0 Å². The van der Waals surface area contributed by atoms with Crippen molar-refractivity contribution in [2.75, 3.05) is 13.2 Å². The number of rotatable bonds is 6. The molecule has 2 aromatic rings. The Morgan fingerprint density at radius 3 is 1.66 bits per heavy atom. The van der Waals surface area contributed by atoms with E-state index in [9.17, 15) is 14.0 Å². The number of Topliss-reactive ketones (excluding diaryl/α,β-unsaturated/α-hetero) is 2. The van der Waals surface area contributed by atoms with Gasteiger partial charge in [-0.25, -0.2) is 4.39 Å².